The highest BCUT2D eigenvalue weighted by Crippen LogP contribution is 2.21. The van der Waals surface area contributed by atoms with Gasteiger partial charge in [0.05, 0.1) is 0 Å². The van der Waals surface area contributed by atoms with Crippen LogP contribution >= 0.6 is 0 Å². The minimum atomic E-state index is 0.240. The number of carbonyl (C=O) groups is 1. The average molecular weight is 204 g/mol. The zero-order valence-electron chi connectivity index (χ0n) is 9.70. The summed E-state index contributed by atoms with van der Waals surface area (Å²) in [7, 11) is 0. The van der Waals surface area contributed by atoms with Crippen LogP contribution < -0.4 is 0 Å². The fourth-order valence-electron chi connectivity index (χ4n) is 1.71. The molecule has 0 aromatic carbocycles. The summed E-state index contributed by atoms with van der Waals surface area (Å²) in [5, 5.41) is 0. The summed E-state index contributed by atoms with van der Waals surface area (Å²) in [4.78, 5) is 11.4. The van der Waals surface area contributed by atoms with E-state index in [1.54, 1.807) is 6.08 Å². The number of rotatable bonds is 1. The van der Waals surface area contributed by atoms with E-state index in [2.05, 4.69) is 32.6 Å². The molecule has 1 aliphatic rings. The largest absolute Gasteiger partial charge is 0.295 e. The van der Waals surface area contributed by atoms with Gasteiger partial charge in [-0.3, -0.25) is 4.79 Å². The molecule has 1 heteroatoms. The summed E-state index contributed by atoms with van der Waals surface area (Å²) in [5.74, 6) is 1.33. The fourth-order valence-corrected chi connectivity index (χ4v) is 1.71. The second-order valence-corrected chi connectivity index (χ2v) is 4.54. The zero-order valence-corrected chi connectivity index (χ0v) is 9.70. The lowest BCUT2D eigenvalue weighted by Crippen LogP contribution is -2.08. The molecule has 1 rings (SSSR count). The smallest absolute Gasteiger partial charge is 0.155 e. The van der Waals surface area contributed by atoms with Crippen LogP contribution in [0.2, 0.25) is 0 Å². The van der Waals surface area contributed by atoms with Crippen molar-refractivity contribution in [1.29, 1.82) is 0 Å². The third-order valence-corrected chi connectivity index (χ3v) is 2.84. The number of allylic oxidation sites excluding steroid dienone is 5. The molecule has 0 heterocycles. The summed E-state index contributed by atoms with van der Waals surface area (Å²) in [5.41, 5.74) is 1.08. The van der Waals surface area contributed by atoms with Crippen molar-refractivity contribution in [3.63, 3.8) is 0 Å². The van der Waals surface area contributed by atoms with Crippen molar-refractivity contribution >= 4 is 5.78 Å². The van der Waals surface area contributed by atoms with Gasteiger partial charge in [0.2, 0.25) is 0 Å². The molecule has 15 heavy (non-hydrogen) atoms. The second kappa shape index (κ2) is 5.69. The molecule has 0 spiro atoms. The molecule has 0 N–H and O–H groups in total. The van der Waals surface area contributed by atoms with Gasteiger partial charge in [0.1, 0.15) is 0 Å². The topological polar surface area (TPSA) is 17.1 Å². The molecule has 0 aromatic rings. The summed E-state index contributed by atoms with van der Waals surface area (Å²) >= 11 is 0. The lowest BCUT2D eigenvalue weighted by molar-refractivity contribution is -0.114. The minimum absolute atomic E-state index is 0.240. The number of hydrogen-bond acceptors (Lipinski definition) is 1. The third-order valence-electron chi connectivity index (χ3n) is 2.84. The van der Waals surface area contributed by atoms with Gasteiger partial charge in [0, 0.05) is 6.42 Å². The van der Waals surface area contributed by atoms with E-state index in [1.807, 2.05) is 6.08 Å². The van der Waals surface area contributed by atoms with E-state index in [0.717, 1.165) is 18.4 Å². The molecule has 0 unspecified atom stereocenters. The Labute approximate surface area is 92.6 Å². The Bertz CT molecular complexity index is 294. The first-order chi connectivity index (χ1) is 7.09. The maximum absolute atomic E-state index is 11.4. The van der Waals surface area contributed by atoms with Gasteiger partial charge in [-0.15, -0.1) is 0 Å². The van der Waals surface area contributed by atoms with Crippen molar-refractivity contribution in [2.45, 2.75) is 33.1 Å². The van der Waals surface area contributed by atoms with Gasteiger partial charge >= 0.3 is 0 Å². The normalized spacial score (nSPS) is 23.5. The first kappa shape index (κ1) is 12.0. The van der Waals surface area contributed by atoms with E-state index in [0.29, 0.717) is 18.3 Å². The molecule has 1 atom stereocenters. The van der Waals surface area contributed by atoms with Crippen molar-refractivity contribution in [3.8, 4) is 0 Å². The first-order valence-corrected chi connectivity index (χ1v) is 5.65. The van der Waals surface area contributed by atoms with Crippen LogP contribution in [0.15, 0.2) is 36.5 Å². The number of carbonyl (C=O) groups excluding carboxylic acids is 1. The summed E-state index contributed by atoms with van der Waals surface area (Å²) in [6.07, 6.45) is 10.3. The SMILES string of the molecule is C=C1C=C[C@H](C(C)C)CCC(=O)C=CC1. The Hall–Kier alpha value is -1.11. The Kier molecular flexibility index (Phi) is 4.54. The van der Waals surface area contributed by atoms with Gasteiger partial charge in [-0.05, 0) is 30.8 Å². The average Bonchev–Trinajstić information content (AvgIpc) is 2.16. The Morgan fingerprint density at radius 3 is 2.80 bits per heavy atom. The zero-order chi connectivity index (χ0) is 11.3. The van der Waals surface area contributed by atoms with Crippen molar-refractivity contribution < 1.29 is 4.79 Å². The minimum Gasteiger partial charge on any atom is -0.295 e. The quantitative estimate of drug-likeness (QED) is 0.636. The van der Waals surface area contributed by atoms with E-state index in [4.69, 9.17) is 0 Å². The fraction of sp³-hybridized carbons (Fsp3) is 0.500. The highest BCUT2D eigenvalue weighted by atomic mass is 16.1. The monoisotopic (exact) mass is 204 g/mol. The molecule has 0 aliphatic heterocycles. The lowest BCUT2D eigenvalue weighted by Gasteiger charge is -2.16. The molecule has 0 fully saturated rings. The molecule has 0 saturated heterocycles. The maximum Gasteiger partial charge on any atom is 0.155 e. The number of ketones is 1. The van der Waals surface area contributed by atoms with Crippen molar-refractivity contribution in [3.05, 3.63) is 36.5 Å². The molecule has 0 amide bonds. The van der Waals surface area contributed by atoms with Crippen LogP contribution in [0.3, 0.4) is 0 Å². The lowest BCUT2D eigenvalue weighted by atomic mass is 9.89. The summed E-state index contributed by atoms with van der Waals surface area (Å²) in [6.45, 7) is 8.35. The summed E-state index contributed by atoms with van der Waals surface area (Å²) < 4.78 is 0. The highest BCUT2D eigenvalue weighted by Gasteiger charge is 2.11. The van der Waals surface area contributed by atoms with Gasteiger partial charge in [-0.2, -0.15) is 0 Å². The van der Waals surface area contributed by atoms with Crippen LogP contribution in [0.1, 0.15) is 33.1 Å². The second-order valence-electron chi connectivity index (χ2n) is 4.54. The van der Waals surface area contributed by atoms with E-state index < -0.39 is 0 Å². The molecular weight excluding hydrogens is 184 g/mol. The predicted molar refractivity (Wildman–Crippen MR) is 64.6 cm³/mol. The van der Waals surface area contributed by atoms with Crippen LogP contribution in [-0.4, -0.2) is 5.78 Å². The van der Waals surface area contributed by atoms with E-state index in [-0.39, 0.29) is 5.78 Å². The Morgan fingerprint density at radius 1 is 1.40 bits per heavy atom. The Morgan fingerprint density at radius 2 is 2.13 bits per heavy atom. The molecule has 0 bridgehead atoms. The van der Waals surface area contributed by atoms with Gasteiger partial charge in [-0.1, -0.05) is 44.2 Å². The molecule has 1 aliphatic carbocycles. The summed E-state index contributed by atoms with van der Waals surface area (Å²) in [6, 6.07) is 0. The maximum atomic E-state index is 11.4. The van der Waals surface area contributed by atoms with Gasteiger partial charge in [-0.25, -0.2) is 0 Å². The van der Waals surface area contributed by atoms with Crippen LogP contribution in [-0.2, 0) is 4.79 Å². The molecule has 1 nitrogen and oxygen atoms in total. The molecule has 0 saturated carbocycles. The predicted octanol–water partition coefficient (Wildman–Crippen LogP) is 3.68. The van der Waals surface area contributed by atoms with E-state index >= 15 is 0 Å². The van der Waals surface area contributed by atoms with Crippen LogP contribution in [0, 0.1) is 11.8 Å². The van der Waals surface area contributed by atoms with E-state index in [1.165, 1.54) is 0 Å². The molecule has 0 radical (unpaired) electrons. The third kappa shape index (κ3) is 4.28. The van der Waals surface area contributed by atoms with Crippen LogP contribution in [0.4, 0.5) is 0 Å². The van der Waals surface area contributed by atoms with Crippen molar-refractivity contribution in [1.82, 2.24) is 0 Å². The van der Waals surface area contributed by atoms with E-state index in [9.17, 15) is 4.79 Å². The highest BCUT2D eigenvalue weighted by molar-refractivity contribution is 5.89. The standard InChI is InChI=1S/C14H20O/c1-11(2)13-8-7-12(3)5-4-6-14(15)10-9-13/h4,6-8,11,13H,3,5,9-10H2,1-2H3/t13-/m0/s1. The Balaban J connectivity index is 2.74. The molecule has 0 aromatic heterocycles. The van der Waals surface area contributed by atoms with Gasteiger partial charge < -0.3 is 0 Å². The molecular formula is C14H20O. The number of hydrogen-bond donors (Lipinski definition) is 0. The van der Waals surface area contributed by atoms with Crippen LogP contribution in [0.5, 0.6) is 0 Å². The van der Waals surface area contributed by atoms with Crippen LogP contribution in [0.25, 0.3) is 0 Å². The van der Waals surface area contributed by atoms with Crippen molar-refractivity contribution in [2.75, 3.05) is 0 Å². The van der Waals surface area contributed by atoms with Crippen molar-refractivity contribution in [2.24, 2.45) is 11.8 Å². The first-order valence-electron chi connectivity index (χ1n) is 5.65. The van der Waals surface area contributed by atoms with Gasteiger partial charge in [0.15, 0.2) is 5.78 Å². The van der Waals surface area contributed by atoms with Gasteiger partial charge in [0.25, 0.3) is 0 Å². The molecule has 82 valence electrons.